The maximum atomic E-state index is 12.8. The lowest BCUT2D eigenvalue weighted by Gasteiger charge is -2.13. The fourth-order valence-electron chi connectivity index (χ4n) is 2.37. The molecule has 0 radical (unpaired) electrons. The van der Waals surface area contributed by atoms with E-state index in [1.54, 1.807) is 32.0 Å². The fourth-order valence-corrected chi connectivity index (χ4v) is 2.37. The van der Waals surface area contributed by atoms with Crippen LogP contribution in [0, 0.1) is 6.92 Å². The van der Waals surface area contributed by atoms with Gasteiger partial charge in [0, 0.05) is 29.4 Å². The van der Waals surface area contributed by atoms with Crippen LogP contribution in [0.5, 0.6) is 0 Å². The Morgan fingerprint density at radius 3 is 2.39 bits per heavy atom. The van der Waals surface area contributed by atoms with E-state index in [9.17, 15) is 22.8 Å². The van der Waals surface area contributed by atoms with E-state index < -0.39 is 17.6 Å². The Hall–Kier alpha value is -2.58. The molecule has 0 saturated carbocycles. The van der Waals surface area contributed by atoms with Crippen molar-refractivity contribution in [2.45, 2.75) is 32.5 Å². The van der Waals surface area contributed by atoms with Crippen LogP contribution < -0.4 is 16.4 Å². The molecule has 0 saturated heterocycles. The quantitative estimate of drug-likeness (QED) is 0.678. The van der Waals surface area contributed by atoms with Crippen molar-refractivity contribution in [1.29, 1.82) is 0 Å². The first-order valence-electron chi connectivity index (χ1n) is 8.21. The molecule has 9 heteroatoms. The monoisotopic (exact) mass is 415 g/mol. The summed E-state index contributed by atoms with van der Waals surface area (Å²) in [4.78, 5) is 24.2. The highest BCUT2D eigenvalue weighted by atomic mass is 35.5. The summed E-state index contributed by atoms with van der Waals surface area (Å²) in [7, 11) is 0. The third-order valence-corrected chi connectivity index (χ3v) is 3.73. The molecule has 2 rings (SSSR count). The van der Waals surface area contributed by atoms with Gasteiger partial charge in [0.1, 0.15) is 0 Å². The summed E-state index contributed by atoms with van der Waals surface area (Å²) in [6.45, 7) is 3.48. The Bertz CT molecular complexity index is 855. The van der Waals surface area contributed by atoms with Crippen molar-refractivity contribution in [3.63, 3.8) is 0 Å². The number of carbonyl (C=O) groups excluding carboxylic acids is 2. The molecule has 0 aliphatic carbocycles. The summed E-state index contributed by atoms with van der Waals surface area (Å²) in [6, 6.07) is 8.68. The van der Waals surface area contributed by atoms with Gasteiger partial charge in [-0.05, 0) is 49.7 Å². The van der Waals surface area contributed by atoms with E-state index in [0.29, 0.717) is 11.4 Å². The van der Waals surface area contributed by atoms with Crippen molar-refractivity contribution < 1.29 is 22.8 Å². The van der Waals surface area contributed by atoms with Crippen LogP contribution in [-0.4, -0.2) is 17.9 Å². The summed E-state index contributed by atoms with van der Waals surface area (Å²) in [6.07, 6.45) is -4.39. The number of anilines is 2. The molecule has 0 aliphatic heterocycles. The molecule has 28 heavy (non-hydrogen) atoms. The molecule has 0 fully saturated rings. The van der Waals surface area contributed by atoms with Crippen LogP contribution >= 0.6 is 12.4 Å². The van der Waals surface area contributed by atoms with Gasteiger partial charge in [-0.1, -0.05) is 12.1 Å². The van der Waals surface area contributed by atoms with E-state index in [4.69, 9.17) is 5.73 Å². The van der Waals surface area contributed by atoms with Gasteiger partial charge < -0.3 is 16.4 Å². The predicted octanol–water partition coefficient (Wildman–Crippen LogP) is 4.36. The first-order valence-corrected chi connectivity index (χ1v) is 8.21. The number of nitrogens with two attached hydrogens (primary N) is 1. The molecule has 152 valence electrons. The number of hydrogen-bond acceptors (Lipinski definition) is 3. The predicted molar refractivity (Wildman–Crippen MR) is 105 cm³/mol. The van der Waals surface area contributed by atoms with E-state index in [0.717, 1.165) is 17.7 Å². The highest BCUT2D eigenvalue weighted by molar-refractivity contribution is 6.05. The van der Waals surface area contributed by atoms with Crippen LogP contribution in [0.2, 0.25) is 0 Å². The van der Waals surface area contributed by atoms with Crippen molar-refractivity contribution in [2.75, 3.05) is 10.6 Å². The number of benzene rings is 2. The van der Waals surface area contributed by atoms with Crippen LogP contribution in [0.4, 0.5) is 24.5 Å². The van der Waals surface area contributed by atoms with Gasteiger partial charge in [-0.15, -0.1) is 12.4 Å². The minimum atomic E-state index is -4.53. The molecule has 1 atom stereocenters. The van der Waals surface area contributed by atoms with Gasteiger partial charge in [-0.25, -0.2) is 0 Å². The lowest BCUT2D eigenvalue weighted by Crippen LogP contribution is -2.24. The third kappa shape index (κ3) is 6.54. The number of halogens is 4. The van der Waals surface area contributed by atoms with Crippen LogP contribution in [-0.2, 0) is 11.0 Å². The van der Waals surface area contributed by atoms with Crippen molar-refractivity contribution >= 4 is 35.6 Å². The van der Waals surface area contributed by atoms with E-state index in [2.05, 4.69) is 10.6 Å². The second-order valence-corrected chi connectivity index (χ2v) is 6.29. The second kappa shape index (κ2) is 9.57. The summed E-state index contributed by atoms with van der Waals surface area (Å²) in [5.41, 5.74) is 6.18. The summed E-state index contributed by atoms with van der Waals surface area (Å²) in [5.74, 6) is -0.952. The van der Waals surface area contributed by atoms with Gasteiger partial charge in [0.15, 0.2) is 0 Å². The molecule has 5 nitrogen and oxygen atoms in total. The molecular weight excluding hydrogens is 395 g/mol. The van der Waals surface area contributed by atoms with Crippen LogP contribution in [0.3, 0.4) is 0 Å². The number of amides is 2. The second-order valence-electron chi connectivity index (χ2n) is 6.29. The Morgan fingerprint density at radius 1 is 1.11 bits per heavy atom. The van der Waals surface area contributed by atoms with Crippen molar-refractivity contribution in [3.05, 3.63) is 59.2 Å². The zero-order chi connectivity index (χ0) is 20.2. The lowest BCUT2D eigenvalue weighted by atomic mass is 10.1. The number of rotatable bonds is 5. The Balaban J connectivity index is 0.00000392. The van der Waals surface area contributed by atoms with Crippen molar-refractivity contribution in [2.24, 2.45) is 5.73 Å². The topological polar surface area (TPSA) is 84.2 Å². The molecule has 0 bridgehead atoms. The zero-order valence-corrected chi connectivity index (χ0v) is 16.1. The Morgan fingerprint density at radius 2 is 1.79 bits per heavy atom. The summed E-state index contributed by atoms with van der Waals surface area (Å²) in [5, 5.41) is 5.24. The highest BCUT2D eigenvalue weighted by Crippen LogP contribution is 2.30. The fraction of sp³-hybridized carbons (Fsp3) is 0.263. The van der Waals surface area contributed by atoms with Crippen molar-refractivity contribution in [1.82, 2.24) is 0 Å². The summed E-state index contributed by atoms with van der Waals surface area (Å²) >= 11 is 0. The number of alkyl halides is 3. The van der Waals surface area contributed by atoms with E-state index in [1.165, 1.54) is 12.1 Å². The minimum Gasteiger partial charge on any atom is -0.327 e. The van der Waals surface area contributed by atoms with Crippen LogP contribution in [0.15, 0.2) is 42.5 Å². The van der Waals surface area contributed by atoms with Gasteiger partial charge in [0.25, 0.3) is 5.91 Å². The van der Waals surface area contributed by atoms with E-state index in [1.807, 2.05) is 0 Å². The Labute approximate surface area is 166 Å². The van der Waals surface area contributed by atoms with Gasteiger partial charge in [0.05, 0.1) is 5.56 Å². The average molecular weight is 416 g/mol. The number of nitrogens with one attached hydrogen (secondary N) is 2. The van der Waals surface area contributed by atoms with Gasteiger partial charge in [-0.2, -0.15) is 13.2 Å². The lowest BCUT2D eigenvalue weighted by molar-refractivity contribution is -0.137. The smallest absolute Gasteiger partial charge is 0.327 e. The van der Waals surface area contributed by atoms with Crippen LogP contribution in [0.25, 0.3) is 0 Å². The summed E-state index contributed by atoms with van der Waals surface area (Å²) < 4.78 is 38.4. The number of hydrogen-bond donors (Lipinski definition) is 3. The van der Waals surface area contributed by atoms with E-state index >= 15 is 0 Å². The largest absolute Gasteiger partial charge is 0.416 e. The number of aryl methyl sites for hydroxylation is 1. The minimum absolute atomic E-state index is 0. The van der Waals surface area contributed by atoms with Gasteiger partial charge in [-0.3, -0.25) is 9.59 Å². The molecule has 4 N–H and O–H groups in total. The standard InChI is InChI=1S/C19H20F3N3O2.ClH/c1-11-6-7-15(10-16(11)25-17(26)8-12(2)23)24-18(27)13-4-3-5-14(9-13)19(20,21)22;/h3-7,9-10,12H,8,23H2,1-2H3,(H,24,27)(H,25,26);1H. The third-order valence-electron chi connectivity index (χ3n) is 3.73. The molecule has 2 aromatic rings. The zero-order valence-electron chi connectivity index (χ0n) is 15.3. The molecule has 0 aliphatic rings. The van der Waals surface area contributed by atoms with Gasteiger partial charge in [0.2, 0.25) is 5.91 Å². The molecule has 0 aromatic heterocycles. The molecule has 2 aromatic carbocycles. The normalized spacial score (nSPS) is 11.9. The molecule has 2 amide bonds. The van der Waals surface area contributed by atoms with Crippen molar-refractivity contribution in [3.8, 4) is 0 Å². The maximum absolute atomic E-state index is 12.8. The average Bonchev–Trinajstić information content (AvgIpc) is 2.56. The SMILES string of the molecule is Cc1ccc(NC(=O)c2cccc(C(F)(F)F)c2)cc1NC(=O)CC(C)N.Cl. The molecule has 0 spiro atoms. The highest BCUT2D eigenvalue weighted by Gasteiger charge is 2.30. The first-order chi connectivity index (χ1) is 12.6. The Kier molecular flexibility index (Phi) is 8.01. The van der Waals surface area contributed by atoms with Crippen LogP contribution in [0.1, 0.15) is 34.8 Å². The molecule has 0 heterocycles. The molecule has 1 unspecified atom stereocenters. The maximum Gasteiger partial charge on any atom is 0.416 e. The first kappa shape index (κ1) is 23.5. The molecular formula is C19H21ClF3N3O2. The number of carbonyl (C=O) groups is 2. The van der Waals surface area contributed by atoms with Gasteiger partial charge >= 0.3 is 6.18 Å². The van der Waals surface area contributed by atoms with E-state index in [-0.39, 0.29) is 36.3 Å².